The van der Waals surface area contributed by atoms with Crippen LogP contribution in [0.2, 0.25) is 0 Å². The molecule has 1 aliphatic rings. The fourth-order valence-electron chi connectivity index (χ4n) is 3.30. The van der Waals surface area contributed by atoms with Gasteiger partial charge in [-0.2, -0.15) is 0 Å². The summed E-state index contributed by atoms with van der Waals surface area (Å²) >= 11 is 0. The topological polar surface area (TPSA) is 98.9 Å². The van der Waals surface area contributed by atoms with Crippen molar-refractivity contribution in [3.63, 3.8) is 0 Å². The SMILES string of the molecule is CCOc1cccc(C(CN2C(=O)c3ccccc3C2=O)C(N)=O)c1OCC. The first-order valence-corrected chi connectivity index (χ1v) is 9.12. The first kappa shape index (κ1) is 19.4. The van der Waals surface area contributed by atoms with Crippen LogP contribution in [0.3, 0.4) is 0 Å². The van der Waals surface area contributed by atoms with Gasteiger partial charge in [0.2, 0.25) is 5.91 Å². The van der Waals surface area contributed by atoms with Gasteiger partial charge in [-0.3, -0.25) is 19.3 Å². The maximum absolute atomic E-state index is 12.7. The Kier molecular flexibility index (Phi) is 5.63. The quantitative estimate of drug-likeness (QED) is 0.707. The van der Waals surface area contributed by atoms with Crippen molar-refractivity contribution in [2.75, 3.05) is 19.8 Å². The molecule has 0 saturated heterocycles. The van der Waals surface area contributed by atoms with Crippen molar-refractivity contribution in [1.82, 2.24) is 4.90 Å². The first-order valence-electron chi connectivity index (χ1n) is 9.12. The van der Waals surface area contributed by atoms with E-state index in [9.17, 15) is 14.4 Å². The first-order chi connectivity index (χ1) is 13.5. The largest absolute Gasteiger partial charge is 0.490 e. The third-order valence-electron chi connectivity index (χ3n) is 4.56. The lowest BCUT2D eigenvalue weighted by Gasteiger charge is -2.23. The molecule has 1 unspecified atom stereocenters. The number of fused-ring (bicyclic) bond motifs is 1. The van der Waals surface area contributed by atoms with E-state index in [1.807, 2.05) is 13.8 Å². The number of para-hydroxylation sites is 1. The van der Waals surface area contributed by atoms with Crippen LogP contribution in [0.4, 0.5) is 0 Å². The Morgan fingerprint density at radius 1 is 0.964 bits per heavy atom. The van der Waals surface area contributed by atoms with Gasteiger partial charge >= 0.3 is 0 Å². The van der Waals surface area contributed by atoms with Gasteiger partial charge in [-0.25, -0.2) is 0 Å². The molecule has 3 rings (SSSR count). The molecule has 2 aromatic carbocycles. The highest BCUT2D eigenvalue weighted by molar-refractivity contribution is 6.21. The fourth-order valence-corrected chi connectivity index (χ4v) is 3.30. The normalized spacial score (nSPS) is 14.0. The number of amides is 3. The number of primary amides is 1. The maximum atomic E-state index is 12.7. The van der Waals surface area contributed by atoms with Crippen LogP contribution in [0.25, 0.3) is 0 Å². The molecule has 3 amide bonds. The summed E-state index contributed by atoms with van der Waals surface area (Å²) in [6, 6.07) is 11.7. The Hall–Kier alpha value is -3.35. The van der Waals surface area contributed by atoms with Gasteiger partial charge in [0.05, 0.1) is 30.3 Å². The summed E-state index contributed by atoms with van der Waals surface area (Å²) in [4.78, 5) is 38.7. The van der Waals surface area contributed by atoms with Crippen LogP contribution in [0, 0.1) is 0 Å². The number of benzene rings is 2. The predicted octanol–water partition coefficient (Wildman–Crippen LogP) is 2.35. The minimum atomic E-state index is -0.927. The molecule has 0 spiro atoms. The number of rotatable bonds is 8. The van der Waals surface area contributed by atoms with Crippen LogP contribution < -0.4 is 15.2 Å². The highest BCUT2D eigenvalue weighted by Gasteiger charge is 2.38. The zero-order valence-electron chi connectivity index (χ0n) is 15.8. The molecule has 0 bridgehead atoms. The molecule has 7 nitrogen and oxygen atoms in total. The summed E-state index contributed by atoms with van der Waals surface area (Å²) in [7, 11) is 0. The molecular weight excluding hydrogens is 360 g/mol. The van der Waals surface area contributed by atoms with E-state index in [2.05, 4.69) is 0 Å². The number of carbonyl (C=O) groups excluding carboxylic acids is 3. The van der Waals surface area contributed by atoms with Crippen LogP contribution in [-0.2, 0) is 4.79 Å². The third-order valence-corrected chi connectivity index (χ3v) is 4.56. The number of nitrogens with two attached hydrogens (primary N) is 1. The second-order valence-corrected chi connectivity index (χ2v) is 6.26. The molecule has 0 aromatic heterocycles. The zero-order valence-corrected chi connectivity index (χ0v) is 15.8. The minimum absolute atomic E-state index is 0.169. The number of hydrogen-bond acceptors (Lipinski definition) is 5. The van der Waals surface area contributed by atoms with Gasteiger partial charge in [0, 0.05) is 12.1 Å². The molecule has 0 saturated carbocycles. The van der Waals surface area contributed by atoms with Crippen molar-refractivity contribution in [3.8, 4) is 11.5 Å². The Balaban J connectivity index is 1.98. The van der Waals surface area contributed by atoms with Crippen LogP contribution in [-0.4, -0.2) is 42.4 Å². The molecule has 2 N–H and O–H groups in total. The standard InChI is InChI=1S/C21H22N2O5/c1-3-27-17-11-7-10-13(18(17)28-4-2)16(19(22)24)12-23-20(25)14-8-5-6-9-15(14)21(23)26/h5-11,16H,3-4,12H2,1-2H3,(H2,22,24). The number of hydrogen-bond donors (Lipinski definition) is 1. The third kappa shape index (κ3) is 3.43. The molecule has 0 radical (unpaired) electrons. The highest BCUT2D eigenvalue weighted by atomic mass is 16.5. The van der Waals surface area contributed by atoms with Gasteiger partial charge < -0.3 is 15.2 Å². The van der Waals surface area contributed by atoms with E-state index < -0.39 is 23.6 Å². The number of nitrogens with zero attached hydrogens (tertiary/aromatic N) is 1. The van der Waals surface area contributed by atoms with E-state index in [-0.39, 0.29) is 6.54 Å². The fraction of sp³-hybridized carbons (Fsp3) is 0.286. The van der Waals surface area contributed by atoms with E-state index >= 15 is 0 Å². The number of carbonyl (C=O) groups is 3. The molecule has 146 valence electrons. The van der Waals surface area contributed by atoms with Gasteiger partial charge in [-0.05, 0) is 32.0 Å². The van der Waals surface area contributed by atoms with Gasteiger partial charge in [-0.15, -0.1) is 0 Å². The second-order valence-electron chi connectivity index (χ2n) is 6.26. The molecule has 0 fully saturated rings. The summed E-state index contributed by atoms with van der Waals surface area (Å²) in [5.74, 6) is -1.59. The highest BCUT2D eigenvalue weighted by Crippen LogP contribution is 2.37. The molecule has 28 heavy (non-hydrogen) atoms. The average Bonchev–Trinajstić information content (AvgIpc) is 2.92. The Morgan fingerprint density at radius 3 is 2.11 bits per heavy atom. The summed E-state index contributed by atoms with van der Waals surface area (Å²) in [5, 5.41) is 0. The number of imide groups is 1. The lowest BCUT2D eigenvalue weighted by molar-refractivity contribution is -0.119. The monoisotopic (exact) mass is 382 g/mol. The summed E-state index contributed by atoms with van der Waals surface area (Å²) < 4.78 is 11.3. The van der Waals surface area contributed by atoms with E-state index in [4.69, 9.17) is 15.2 Å². The predicted molar refractivity (Wildman–Crippen MR) is 103 cm³/mol. The second kappa shape index (κ2) is 8.12. The Morgan fingerprint density at radius 2 is 1.57 bits per heavy atom. The lowest BCUT2D eigenvalue weighted by atomic mass is 9.96. The average molecular weight is 382 g/mol. The van der Waals surface area contributed by atoms with Crippen molar-refractivity contribution in [1.29, 1.82) is 0 Å². The smallest absolute Gasteiger partial charge is 0.261 e. The molecule has 1 atom stereocenters. The van der Waals surface area contributed by atoms with Crippen molar-refractivity contribution < 1.29 is 23.9 Å². The minimum Gasteiger partial charge on any atom is -0.490 e. The molecule has 1 aliphatic heterocycles. The Labute approximate surface area is 163 Å². The molecule has 1 heterocycles. The number of ether oxygens (including phenoxy) is 2. The van der Waals surface area contributed by atoms with Crippen molar-refractivity contribution in [2.24, 2.45) is 5.73 Å². The Bertz CT molecular complexity index is 890. The van der Waals surface area contributed by atoms with Crippen LogP contribution in [0.1, 0.15) is 46.0 Å². The maximum Gasteiger partial charge on any atom is 0.261 e. The van der Waals surface area contributed by atoms with Crippen LogP contribution in [0.5, 0.6) is 11.5 Å². The van der Waals surface area contributed by atoms with Crippen LogP contribution in [0.15, 0.2) is 42.5 Å². The van der Waals surface area contributed by atoms with Gasteiger partial charge in [0.15, 0.2) is 11.5 Å². The van der Waals surface area contributed by atoms with Gasteiger partial charge in [0.25, 0.3) is 11.8 Å². The molecule has 2 aromatic rings. The molecule has 7 heteroatoms. The van der Waals surface area contributed by atoms with E-state index in [1.165, 1.54) is 0 Å². The van der Waals surface area contributed by atoms with Crippen LogP contribution >= 0.6 is 0 Å². The molecular formula is C21H22N2O5. The van der Waals surface area contributed by atoms with E-state index in [0.717, 1.165) is 4.90 Å². The summed E-state index contributed by atoms with van der Waals surface area (Å²) in [6.45, 7) is 4.26. The van der Waals surface area contributed by atoms with E-state index in [1.54, 1.807) is 42.5 Å². The van der Waals surface area contributed by atoms with E-state index in [0.29, 0.717) is 41.4 Å². The van der Waals surface area contributed by atoms with Crippen molar-refractivity contribution >= 4 is 17.7 Å². The lowest BCUT2D eigenvalue weighted by Crippen LogP contribution is -2.38. The van der Waals surface area contributed by atoms with Crippen molar-refractivity contribution in [2.45, 2.75) is 19.8 Å². The van der Waals surface area contributed by atoms with Crippen molar-refractivity contribution in [3.05, 3.63) is 59.2 Å². The summed E-state index contributed by atoms with van der Waals surface area (Å²) in [5.41, 5.74) is 6.78. The summed E-state index contributed by atoms with van der Waals surface area (Å²) in [6.07, 6.45) is 0. The van der Waals surface area contributed by atoms with Gasteiger partial charge in [0.1, 0.15) is 0 Å². The molecule has 0 aliphatic carbocycles. The zero-order chi connectivity index (χ0) is 20.3. The van der Waals surface area contributed by atoms with Gasteiger partial charge in [-0.1, -0.05) is 24.3 Å².